The third-order valence-corrected chi connectivity index (χ3v) is 1.76. The lowest BCUT2D eigenvalue weighted by atomic mass is 10.0. The first-order valence-electron chi connectivity index (χ1n) is 4.85. The van der Waals surface area contributed by atoms with Crippen LogP contribution < -0.4 is 0 Å². The second-order valence-corrected chi connectivity index (χ2v) is 3.84. The van der Waals surface area contributed by atoms with E-state index in [1.807, 2.05) is 0 Å². The van der Waals surface area contributed by atoms with Crippen molar-refractivity contribution in [2.45, 2.75) is 52.7 Å². The van der Waals surface area contributed by atoms with Crippen molar-refractivity contribution in [3.8, 4) is 0 Å². The average Bonchev–Trinajstić information content (AvgIpc) is 1.97. The molecule has 0 rings (SSSR count). The molecule has 0 saturated heterocycles. The van der Waals surface area contributed by atoms with E-state index in [0.717, 1.165) is 12.8 Å². The Hall–Kier alpha value is -0.0800. The minimum absolute atomic E-state index is 0.319. The molecule has 2 heteroatoms. The van der Waals surface area contributed by atoms with Gasteiger partial charge in [0.2, 0.25) is 0 Å². The molecule has 74 valence electrons. The molecule has 0 aliphatic carbocycles. The SMILES string of the molecule is CCC(CC(C)C)OCC(C)O. The second kappa shape index (κ2) is 6.44. The molecule has 2 unspecified atom stereocenters. The summed E-state index contributed by atoms with van der Waals surface area (Å²) in [5, 5.41) is 9.01. The van der Waals surface area contributed by atoms with E-state index < -0.39 is 0 Å². The van der Waals surface area contributed by atoms with E-state index >= 15 is 0 Å². The molecule has 0 heterocycles. The van der Waals surface area contributed by atoms with Gasteiger partial charge in [-0.15, -0.1) is 0 Å². The molecular formula is C10H22O2. The van der Waals surface area contributed by atoms with Crippen molar-refractivity contribution in [1.29, 1.82) is 0 Å². The first-order valence-corrected chi connectivity index (χ1v) is 4.85. The average molecular weight is 174 g/mol. The van der Waals surface area contributed by atoms with Gasteiger partial charge >= 0.3 is 0 Å². The van der Waals surface area contributed by atoms with Crippen molar-refractivity contribution in [1.82, 2.24) is 0 Å². The van der Waals surface area contributed by atoms with Crippen molar-refractivity contribution in [2.24, 2.45) is 5.92 Å². The Labute approximate surface area is 75.9 Å². The number of hydrogen-bond donors (Lipinski definition) is 1. The summed E-state index contributed by atoms with van der Waals surface area (Å²) in [7, 11) is 0. The highest BCUT2D eigenvalue weighted by Gasteiger charge is 2.09. The van der Waals surface area contributed by atoms with Gasteiger partial charge in [0.05, 0.1) is 18.8 Å². The van der Waals surface area contributed by atoms with Crippen molar-refractivity contribution < 1.29 is 9.84 Å². The van der Waals surface area contributed by atoms with E-state index in [0.29, 0.717) is 18.6 Å². The van der Waals surface area contributed by atoms with Crippen LogP contribution in [0.3, 0.4) is 0 Å². The molecule has 0 aromatic heterocycles. The van der Waals surface area contributed by atoms with Gasteiger partial charge in [0.1, 0.15) is 0 Å². The van der Waals surface area contributed by atoms with E-state index in [4.69, 9.17) is 9.84 Å². The summed E-state index contributed by atoms with van der Waals surface area (Å²) in [6.45, 7) is 8.71. The molecule has 0 aliphatic rings. The van der Waals surface area contributed by atoms with Gasteiger partial charge in [0.25, 0.3) is 0 Å². The highest BCUT2D eigenvalue weighted by Crippen LogP contribution is 2.11. The number of aliphatic hydroxyl groups is 1. The fraction of sp³-hybridized carbons (Fsp3) is 1.00. The lowest BCUT2D eigenvalue weighted by Crippen LogP contribution is -2.20. The van der Waals surface area contributed by atoms with Gasteiger partial charge in [0.15, 0.2) is 0 Å². The molecule has 0 spiro atoms. The lowest BCUT2D eigenvalue weighted by Gasteiger charge is -2.18. The largest absolute Gasteiger partial charge is 0.391 e. The Bertz CT molecular complexity index is 100. The standard InChI is InChI=1S/C10H22O2/c1-5-10(6-8(2)3)12-7-9(4)11/h8-11H,5-7H2,1-4H3. The Balaban J connectivity index is 3.53. The Kier molecular flexibility index (Phi) is 6.39. The van der Waals surface area contributed by atoms with Gasteiger partial charge in [-0.1, -0.05) is 20.8 Å². The molecule has 0 fully saturated rings. The summed E-state index contributed by atoms with van der Waals surface area (Å²) in [6, 6.07) is 0. The molecule has 0 aromatic rings. The van der Waals surface area contributed by atoms with Crippen molar-refractivity contribution in [2.75, 3.05) is 6.61 Å². The third-order valence-electron chi connectivity index (χ3n) is 1.76. The molecule has 12 heavy (non-hydrogen) atoms. The van der Waals surface area contributed by atoms with Crippen LogP contribution >= 0.6 is 0 Å². The zero-order valence-corrected chi connectivity index (χ0v) is 8.71. The van der Waals surface area contributed by atoms with Gasteiger partial charge in [-0.05, 0) is 25.7 Å². The van der Waals surface area contributed by atoms with Crippen LogP contribution in [0.1, 0.15) is 40.5 Å². The molecule has 0 aromatic carbocycles. The van der Waals surface area contributed by atoms with E-state index in [2.05, 4.69) is 20.8 Å². The Morgan fingerprint density at radius 2 is 1.83 bits per heavy atom. The monoisotopic (exact) mass is 174 g/mol. The van der Waals surface area contributed by atoms with E-state index in [9.17, 15) is 0 Å². The molecular weight excluding hydrogens is 152 g/mol. The molecule has 0 radical (unpaired) electrons. The topological polar surface area (TPSA) is 29.5 Å². The Morgan fingerprint density at radius 3 is 2.17 bits per heavy atom. The predicted octanol–water partition coefficient (Wildman–Crippen LogP) is 2.21. The van der Waals surface area contributed by atoms with Crippen LogP contribution in [0.25, 0.3) is 0 Å². The van der Waals surface area contributed by atoms with Crippen molar-refractivity contribution in [3.05, 3.63) is 0 Å². The zero-order chi connectivity index (χ0) is 9.56. The molecule has 1 N–H and O–H groups in total. The molecule has 0 amide bonds. The zero-order valence-electron chi connectivity index (χ0n) is 8.71. The molecule has 0 saturated carbocycles. The van der Waals surface area contributed by atoms with Crippen LogP contribution in [0, 0.1) is 5.92 Å². The summed E-state index contributed by atoms with van der Waals surface area (Å²) < 4.78 is 5.51. The molecule has 0 aliphatic heterocycles. The number of hydrogen-bond acceptors (Lipinski definition) is 2. The maximum atomic E-state index is 9.01. The highest BCUT2D eigenvalue weighted by molar-refractivity contribution is 4.59. The van der Waals surface area contributed by atoms with E-state index in [-0.39, 0.29) is 6.10 Å². The summed E-state index contributed by atoms with van der Waals surface area (Å²) in [5.74, 6) is 0.670. The van der Waals surface area contributed by atoms with Crippen LogP contribution in [-0.2, 0) is 4.74 Å². The predicted molar refractivity (Wildman–Crippen MR) is 51.2 cm³/mol. The minimum Gasteiger partial charge on any atom is -0.391 e. The van der Waals surface area contributed by atoms with Crippen LogP contribution in [0.4, 0.5) is 0 Å². The fourth-order valence-corrected chi connectivity index (χ4v) is 1.15. The van der Waals surface area contributed by atoms with Gasteiger partial charge < -0.3 is 9.84 Å². The smallest absolute Gasteiger partial charge is 0.0745 e. The first kappa shape index (κ1) is 11.9. The van der Waals surface area contributed by atoms with Crippen molar-refractivity contribution in [3.63, 3.8) is 0 Å². The van der Waals surface area contributed by atoms with Gasteiger partial charge in [-0.2, -0.15) is 0 Å². The van der Waals surface area contributed by atoms with Gasteiger partial charge in [-0.25, -0.2) is 0 Å². The van der Waals surface area contributed by atoms with Gasteiger partial charge in [-0.3, -0.25) is 0 Å². The third kappa shape index (κ3) is 6.62. The molecule has 0 bridgehead atoms. The maximum Gasteiger partial charge on any atom is 0.0745 e. The van der Waals surface area contributed by atoms with Crippen molar-refractivity contribution >= 4 is 0 Å². The first-order chi connectivity index (χ1) is 5.56. The number of rotatable bonds is 6. The molecule has 2 atom stereocenters. The summed E-state index contributed by atoms with van der Waals surface area (Å²) in [5.41, 5.74) is 0. The second-order valence-electron chi connectivity index (χ2n) is 3.84. The minimum atomic E-state index is -0.341. The van der Waals surface area contributed by atoms with E-state index in [1.54, 1.807) is 6.92 Å². The Morgan fingerprint density at radius 1 is 1.25 bits per heavy atom. The van der Waals surface area contributed by atoms with Crippen LogP contribution in [-0.4, -0.2) is 23.9 Å². The van der Waals surface area contributed by atoms with Gasteiger partial charge in [0, 0.05) is 0 Å². The summed E-state index contributed by atoms with van der Waals surface area (Å²) in [6.07, 6.45) is 2.10. The quantitative estimate of drug-likeness (QED) is 0.669. The number of ether oxygens (including phenoxy) is 1. The summed E-state index contributed by atoms with van der Waals surface area (Å²) >= 11 is 0. The fourth-order valence-electron chi connectivity index (χ4n) is 1.15. The maximum absolute atomic E-state index is 9.01. The summed E-state index contributed by atoms with van der Waals surface area (Å²) in [4.78, 5) is 0. The number of aliphatic hydroxyl groups excluding tert-OH is 1. The van der Waals surface area contributed by atoms with Crippen LogP contribution in [0.5, 0.6) is 0 Å². The van der Waals surface area contributed by atoms with Crippen LogP contribution in [0.2, 0.25) is 0 Å². The van der Waals surface area contributed by atoms with Crippen LogP contribution in [0.15, 0.2) is 0 Å². The lowest BCUT2D eigenvalue weighted by molar-refractivity contribution is -0.0126. The highest BCUT2D eigenvalue weighted by atomic mass is 16.5. The molecule has 2 nitrogen and oxygen atoms in total. The van der Waals surface area contributed by atoms with E-state index in [1.165, 1.54) is 0 Å². The normalized spacial score (nSPS) is 16.5.